The van der Waals surface area contributed by atoms with Gasteiger partial charge in [-0.2, -0.15) is 0 Å². The molecule has 0 aliphatic carbocycles. The van der Waals surface area contributed by atoms with Crippen molar-refractivity contribution in [3.05, 3.63) is 79.0 Å². The van der Waals surface area contributed by atoms with Crippen LogP contribution < -0.4 is 9.47 Å². The molecule has 0 saturated heterocycles. The van der Waals surface area contributed by atoms with Crippen LogP contribution in [0.1, 0.15) is 0 Å². The number of pyridine rings is 1. The number of ether oxygens (including phenoxy) is 2. The summed E-state index contributed by atoms with van der Waals surface area (Å²) in [6.07, 6.45) is 3.45. The van der Waals surface area contributed by atoms with E-state index in [2.05, 4.69) is 9.97 Å². The molecule has 0 amide bonds. The van der Waals surface area contributed by atoms with Gasteiger partial charge < -0.3 is 9.47 Å². The molecular weight excluding hydrogens is 369 g/mol. The number of nitrogens with zero attached hydrogens (tertiary/aromatic N) is 3. The number of hydrogen-bond acceptors (Lipinski definition) is 4. The maximum absolute atomic E-state index is 15.0. The van der Waals surface area contributed by atoms with Gasteiger partial charge in [0.1, 0.15) is 17.7 Å². The second-order valence-corrected chi connectivity index (χ2v) is 6.86. The highest BCUT2D eigenvalue weighted by Crippen LogP contribution is 2.38. The molecule has 6 heteroatoms. The topological polar surface area (TPSA) is 49.2 Å². The molecule has 0 unspecified atom stereocenters. The Balaban J connectivity index is 1.63. The maximum Gasteiger partial charge on any atom is 0.231 e. The molecule has 0 saturated carbocycles. The molecule has 0 bridgehead atoms. The first-order valence-electron chi connectivity index (χ1n) is 9.19. The zero-order chi connectivity index (χ0) is 19.4. The van der Waals surface area contributed by atoms with E-state index >= 15 is 0 Å². The van der Waals surface area contributed by atoms with E-state index in [4.69, 9.17) is 9.47 Å². The Morgan fingerprint density at radius 1 is 0.862 bits per heavy atom. The standard InChI is InChI=1S/C23H14FN3O2/c24-18-10-19-17(9-16(18)14-6-7-21-22(8-14)29-13-28-21)23-20(11-25-19)26-12-27(23)15-4-2-1-3-5-15/h1-12H,13H2. The third-order valence-electron chi connectivity index (χ3n) is 5.18. The highest BCUT2D eigenvalue weighted by atomic mass is 19.1. The normalized spacial score (nSPS) is 12.7. The quantitative estimate of drug-likeness (QED) is 0.425. The van der Waals surface area contributed by atoms with E-state index in [0.29, 0.717) is 22.6 Å². The van der Waals surface area contributed by atoms with Crippen molar-refractivity contribution in [2.45, 2.75) is 0 Å². The van der Waals surface area contributed by atoms with Gasteiger partial charge >= 0.3 is 0 Å². The van der Waals surface area contributed by atoms with Crippen molar-refractivity contribution >= 4 is 21.9 Å². The molecule has 0 radical (unpaired) electrons. The minimum Gasteiger partial charge on any atom is -0.454 e. The summed E-state index contributed by atoms with van der Waals surface area (Å²) in [6.45, 7) is 0.180. The van der Waals surface area contributed by atoms with Gasteiger partial charge in [0.15, 0.2) is 11.5 Å². The third kappa shape index (κ3) is 2.46. The lowest BCUT2D eigenvalue weighted by atomic mass is 10.0. The minimum absolute atomic E-state index is 0.180. The monoisotopic (exact) mass is 383 g/mol. The predicted molar refractivity (Wildman–Crippen MR) is 108 cm³/mol. The molecule has 0 fully saturated rings. The fourth-order valence-electron chi connectivity index (χ4n) is 3.78. The van der Waals surface area contributed by atoms with Crippen LogP contribution in [0, 0.1) is 5.82 Å². The molecule has 0 N–H and O–H groups in total. The molecule has 1 aliphatic heterocycles. The van der Waals surface area contributed by atoms with Crippen LogP contribution in [-0.2, 0) is 0 Å². The summed E-state index contributed by atoms with van der Waals surface area (Å²) in [5.74, 6) is 0.947. The molecular formula is C23H14FN3O2. The Bertz CT molecular complexity index is 1400. The summed E-state index contributed by atoms with van der Waals surface area (Å²) in [4.78, 5) is 8.90. The Morgan fingerprint density at radius 2 is 1.72 bits per heavy atom. The summed E-state index contributed by atoms with van der Waals surface area (Å²) in [5.41, 5.74) is 4.41. The van der Waals surface area contributed by atoms with E-state index in [1.807, 2.05) is 47.0 Å². The maximum atomic E-state index is 15.0. The lowest BCUT2D eigenvalue weighted by Gasteiger charge is -2.10. The zero-order valence-electron chi connectivity index (χ0n) is 15.2. The number of fused-ring (bicyclic) bond motifs is 4. The first-order chi connectivity index (χ1) is 14.3. The van der Waals surface area contributed by atoms with Crippen LogP contribution in [0.5, 0.6) is 11.5 Å². The molecule has 0 spiro atoms. The molecule has 3 aromatic carbocycles. The lowest BCUT2D eigenvalue weighted by Crippen LogP contribution is -1.94. The van der Waals surface area contributed by atoms with Gasteiger partial charge in [0.05, 0.1) is 17.2 Å². The number of benzene rings is 3. The number of hydrogen-bond donors (Lipinski definition) is 0. The summed E-state index contributed by atoms with van der Waals surface area (Å²) in [7, 11) is 0. The fraction of sp³-hybridized carbons (Fsp3) is 0.0435. The first-order valence-corrected chi connectivity index (χ1v) is 9.19. The molecule has 5 nitrogen and oxygen atoms in total. The number of imidazole rings is 1. The first kappa shape index (κ1) is 16.1. The predicted octanol–water partition coefficient (Wildman–Crippen LogP) is 5.11. The average molecular weight is 383 g/mol. The SMILES string of the molecule is Fc1cc2ncc3ncn(-c4ccccc4)c3c2cc1-c1ccc2c(c1)OCO2. The largest absolute Gasteiger partial charge is 0.454 e. The summed E-state index contributed by atoms with van der Waals surface area (Å²) in [5, 5.41) is 0.831. The van der Waals surface area contributed by atoms with Crippen molar-refractivity contribution < 1.29 is 13.9 Å². The van der Waals surface area contributed by atoms with Crippen molar-refractivity contribution in [2.24, 2.45) is 0 Å². The van der Waals surface area contributed by atoms with E-state index in [1.54, 1.807) is 24.7 Å². The molecule has 0 atom stereocenters. The Hall–Kier alpha value is -3.93. The number of halogens is 1. The van der Waals surface area contributed by atoms with Crippen LogP contribution in [0.3, 0.4) is 0 Å². The van der Waals surface area contributed by atoms with E-state index in [9.17, 15) is 4.39 Å². The second-order valence-electron chi connectivity index (χ2n) is 6.86. The van der Waals surface area contributed by atoms with Crippen LogP contribution in [0.25, 0.3) is 38.8 Å². The van der Waals surface area contributed by atoms with Gasteiger partial charge in [0, 0.05) is 22.7 Å². The van der Waals surface area contributed by atoms with Gasteiger partial charge in [0.2, 0.25) is 6.79 Å². The summed E-state index contributed by atoms with van der Waals surface area (Å²) in [6, 6.07) is 18.7. The van der Waals surface area contributed by atoms with Crippen LogP contribution in [0.15, 0.2) is 73.2 Å². The molecule has 140 valence electrons. The highest BCUT2D eigenvalue weighted by Gasteiger charge is 2.18. The fourth-order valence-corrected chi connectivity index (χ4v) is 3.78. The van der Waals surface area contributed by atoms with E-state index in [-0.39, 0.29) is 12.6 Å². The molecule has 5 aromatic rings. The van der Waals surface area contributed by atoms with E-state index in [0.717, 1.165) is 27.7 Å². The van der Waals surface area contributed by atoms with E-state index < -0.39 is 0 Å². The van der Waals surface area contributed by atoms with Crippen LogP contribution in [0.4, 0.5) is 4.39 Å². The van der Waals surface area contributed by atoms with Gasteiger partial charge in [0.25, 0.3) is 0 Å². The average Bonchev–Trinajstić information content (AvgIpc) is 3.40. The summed E-state index contributed by atoms with van der Waals surface area (Å²) >= 11 is 0. The van der Waals surface area contributed by atoms with Crippen LogP contribution in [-0.4, -0.2) is 21.3 Å². The number of aromatic nitrogens is 3. The van der Waals surface area contributed by atoms with Crippen molar-refractivity contribution in [2.75, 3.05) is 6.79 Å². The Labute approximate surface area is 165 Å². The third-order valence-corrected chi connectivity index (χ3v) is 5.18. The molecule has 2 aromatic heterocycles. The second kappa shape index (κ2) is 6.04. The van der Waals surface area contributed by atoms with Crippen molar-refractivity contribution in [1.82, 2.24) is 14.5 Å². The highest BCUT2D eigenvalue weighted by molar-refractivity contribution is 6.04. The lowest BCUT2D eigenvalue weighted by molar-refractivity contribution is 0.174. The van der Waals surface area contributed by atoms with Crippen molar-refractivity contribution in [1.29, 1.82) is 0 Å². The van der Waals surface area contributed by atoms with Crippen molar-refractivity contribution in [3.63, 3.8) is 0 Å². The molecule has 6 rings (SSSR count). The zero-order valence-corrected chi connectivity index (χ0v) is 15.2. The molecule has 1 aliphatic rings. The van der Waals surface area contributed by atoms with Gasteiger partial charge in [-0.1, -0.05) is 24.3 Å². The van der Waals surface area contributed by atoms with Gasteiger partial charge in [-0.05, 0) is 35.9 Å². The Kier molecular flexibility index (Phi) is 3.34. The number of rotatable bonds is 2. The number of para-hydroxylation sites is 1. The molecule has 3 heterocycles. The summed E-state index contributed by atoms with van der Waals surface area (Å²) < 4.78 is 27.8. The van der Waals surface area contributed by atoms with Gasteiger partial charge in [-0.15, -0.1) is 0 Å². The molecule has 29 heavy (non-hydrogen) atoms. The smallest absolute Gasteiger partial charge is 0.231 e. The van der Waals surface area contributed by atoms with Gasteiger partial charge in [-0.3, -0.25) is 9.55 Å². The Morgan fingerprint density at radius 3 is 2.62 bits per heavy atom. The van der Waals surface area contributed by atoms with Crippen LogP contribution >= 0.6 is 0 Å². The van der Waals surface area contributed by atoms with Crippen molar-refractivity contribution in [3.8, 4) is 28.3 Å². The van der Waals surface area contributed by atoms with E-state index in [1.165, 1.54) is 6.07 Å². The van der Waals surface area contributed by atoms with Gasteiger partial charge in [-0.25, -0.2) is 9.37 Å². The minimum atomic E-state index is -0.339. The van der Waals surface area contributed by atoms with Crippen LogP contribution in [0.2, 0.25) is 0 Å².